The van der Waals surface area contributed by atoms with Gasteiger partial charge in [-0.3, -0.25) is 4.79 Å². The molecular weight excluding hydrogens is 362 g/mol. The van der Waals surface area contributed by atoms with E-state index in [1.165, 1.54) is 16.2 Å². The Labute approximate surface area is 162 Å². The smallest absolute Gasteiger partial charge is 0.341 e. The molecule has 0 spiro atoms. The Hall–Kier alpha value is -2.34. The third kappa shape index (κ3) is 3.58. The van der Waals surface area contributed by atoms with Crippen LogP contribution in [0.3, 0.4) is 0 Å². The molecule has 0 saturated carbocycles. The van der Waals surface area contributed by atoms with Crippen LogP contribution in [0.15, 0.2) is 24.3 Å². The van der Waals surface area contributed by atoms with E-state index in [0.29, 0.717) is 30.2 Å². The minimum atomic E-state index is -0.336. The maximum atomic E-state index is 12.9. The van der Waals surface area contributed by atoms with Gasteiger partial charge in [-0.15, -0.1) is 11.3 Å². The number of hydrogen-bond acceptors (Lipinski definition) is 5. The maximum Gasteiger partial charge on any atom is 0.341 e. The second-order valence-electron chi connectivity index (χ2n) is 6.94. The van der Waals surface area contributed by atoms with Crippen molar-refractivity contribution in [1.29, 1.82) is 0 Å². The van der Waals surface area contributed by atoms with Crippen LogP contribution in [-0.2, 0) is 28.8 Å². The van der Waals surface area contributed by atoms with Gasteiger partial charge in [0.2, 0.25) is 5.91 Å². The molecule has 5 nitrogen and oxygen atoms in total. The molecular formula is C21H23NO4S. The molecule has 0 saturated heterocycles. The number of amides is 1. The maximum absolute atomic E-state index is 12.9. The summed E-state index contributed by atoms with van der Waals surface area (Å²) in [6.07, 6.45) is 4.66. The van der Waals surface area contributed by atoms with Crippen molar-refractivity contribution in [2.24, 2.45) is 5.92 Å². The molecule has 1 atom stereocenters. The van der Waals surface area contributed by atoms with Crippen LogP contribution in [0.5, 0.6) is 5.75 Å². The van der Waals surface area contributed by atoms with E-state index in [9.17, 15) is 9.59 Å². The molecule has 1 aromatic carbocycles. The van der Waals surface area contributed by atoms with Crippen LogP contribution in [0.4, 0.5) is 5.00 Å². The fourth-order valence-corrected chi connectivity index (χ4v) is 5.06. The summed E-state index contributed by atoms with van der Waals surface area (Å²) in [5, 5.41) is 3.64. The van der Waals surface area contributed by atoms with E-state index in [2.05, 4.69) is 5.32 Å². The number of esters is 1. The summed E-state index contributed by atoms with van der Waals surface area (Å²) in [6.45, 7) is 2.47. The lowest BCUT2D eigenvalue weighted by Gasteiger charge is -2.24. The Balaban J connectivity index is 1.56. The summed E-state index contributed by atoms with van der Waals surface area (Å²) in [5.74, 6) is 0.139. The molecule has 2 heterocycles. The summed E-state index contributed by atoms with van der Waals surface area (Å²) in [6, 6.07) is 7.80. The zero-order valence-corrected chi connectivity index (χ0v) is 16.2. The Bertz CT molecular complexity index is 873. The molecule has 0 fully saturated rings. The molecule has 1 amide bonds. The minimum absolute atomic E-state index is 0.103. The molecule has 0 bridgehead atoms. The van der Waals surface area contributed by atoms with Crippen LogP contribution in [0, 0.1) is 5.92 Å². The van der Waals surface area contributed by atoms with Crippen molar-refractivity contribution in [2.45, 2.75) is 39.0 Å². The fourth-order valence-electron chi connectivity index (χ4n) is 3.78. The third-order valence-electron chi connectivity index (χ3n) is 5.14. The molecule has 2 aliphatic rings. The largest absolute Gasteiger partial charge is 0.492 e. The van der Waals surface area contributed by atoms with E-state index in [4.69, 9.17) is 9.47 Å². The van der Waals surface area contributed by atoms with Crippen LogP contribution in [0.25, 0.3) is 0 Å². The Morgan fingerprint density at radius 3 is 2.93 bits per heavy atom. The highest BCUT2D eigenvalue weighted by Crippen LogP contribution is 2.39. The van der Waals surface area contributed by atoms with Gasteiger partial charge in [0.1, 0.15) is 17.4 Å². The van der Waals surface area contributed by atoms with Gasteiger partial charge < -0.3 is 14.8 Å². The van der Waals surface area contributed by atoms with Crippen molar-refractivity contribution in [3.63, 3.8) is 0 Å². The molecule has 1 aliphatic carbocycles. The lowest BCUT2D eigenvalue weighted by molar-refractivity contribution is -0.121. The van der Waals surface area contributed by atoms with Crippen LogP contribution in [0.2, 0.25) is 0 Å². The van der Waals surface area contributed by atoms with Gasteiger partial charge >= 0.3 is 5.97 Å². The number of anilines is 1. The third-order valence-corrected chi connectivity index (χ3v) is 6.34. The first kappa shape index (κ1) is 18.0. The number of aryl methyl sites for hydroxylation is 1. The summed E-state index contributed by atoms with van der Waals surface area (Å²) in [4.78, 5) is 26.6. The van der Waals surface area contributed by atoms with E-state index in [0.717, 1.165) is 42.6 Å². The predicted molar refractivity (Wildman–Crippen MR) is 105 cm³/mol. The average Bonchev–Trinajstić information content (AvgIpc) is 3.05. The predicted octanol–water partition coefficient (Wildman–Crippen LogP) is 3.99. The standard InChI is InChI=1S/C21H23NO4S/c1-2-25-21(24)18-15-8-4-6-10-17(15)27-20(18)22-19(23)14-11-13-7-3-5-9-16(13)26-12-14/h3,5,7,9,14H,2,4,6,8,10-12H2,1H3,(H,22,23)/t14-/m0/s1. The minimum Gasteiger partial charge on any atom is -0.492 e. The Morgan fingerprint density at radius 1 is 1.26 bits per heavy atom. The van der Waals surface area contributed by atoms with Gasteiger partial charge in [0.05, 0.1) is 18.1 Å². The Morgan fingerprint density at radius 2 is 2.07 bits per heavy atom. The van der Waals surface area contributed by atoms with Gasteiger partial charge in [0, 0.05) is 4.88 Å². The summed E-state index contributed by atoms with van der Waals surface area (Å²) >= 11 is 1.52. The average molecular weight is 385 g/mol. The molecule has 1 aliphatic heterocycles. The highest BCUT2D eigenvalue weighted by atomic mass is 32.1. The lowest BCUT2D eigenvalue weighted by atomic mass is 9.95. The van der Waals surface area contributed by atoms with Crippen LogP contribution in [-0.4, -0.2) is 25.1 Å². The fraction of sp³-hybridized carbons (Fsp3) is 0.429. The highest BCUT2D eigenvalue weighted by molar-refractivity contribution is 7.17. The second-order valence-corrected chi connectivity index (χ2v) is 8.05. The molecule has 6 heteroatoms. The number of nitrogens with one attached hydrogen (secondary N) is 1. The van der Waals surface area contributed by atoms with E-state index >= 15 is 0 Å². The van der Waals surface area contributed by atoms with Crippen molar-refractivity contribution in [1.82, 2.24) is 0 Å². The number of thiophene rings is 1. The molecule has 27 heavy (non-hydrogen) atoms. The van der Waals surface area contributed by atoms with E-state index in [1.807, 2.05) is 24.3 Å². The molecule has 2 aromatic rings. The number of carbonyl (C=O) groups excluding carboxylic acids is 2. The number of para-hydroxylation sites is 1. The summed E-state index contributed by atoms with van der Waals surface area (Å²) < 4.78 is 11.0. The number of fused-ring (bicyclic) bond motifs is 2. The molecule has 0 radical (unpaired) electrons. The molecule has 142 valence electrons. The van der Waals surface area contributed by atoms with Gasteiger partial charge in [0.25, 0.3) is 0 Å². The zero-order valence-electron chi connectivity index (χ0n) is 15.4. The van der Waals surface area contributed by atoms with Gasteiger partial charge in [-0.2, -0.15) is 0 Å². The molecule has 1 N–H and O–H groups in total. The first-order valence-corrected chi connectivity index (χ1v) is 10.3. The van der Waals surface area contributed by atoms with Gasteiger partial charge in [-0.1, -0.05) is 18.2 Å². The summed E-state index contributed by atoms with van der Waals surface area (Å²) in [5.41, 5.74) is 2.66. The quantitative estimate of drug-likeness (QED) is 0.808. The van der Waals surface area contributed by atoms with E-state index < -0.39 is 0 Å². The van der Waals surface area contributed by atoms with Gasteiger partial charge in [-0.25, -0.2) is 4.79 Å². The SMILES string of the molecule is CCOC(=O)c1c(NC(=O)[C@@H]2COc3ccccc3C2)sc2c1CCCC2. The van der Waals surface area contributed by atoms with Crippen LogP contribution < -0.4 is 10.1 Å². The number of carbonyl (C=O) groups is 2. The van der Waals surface area contributed by atoms with Gasteiger partial charge in [0.15, 0.2) is 0 Å². The van der Waals surface area contributed by atoms with Crippen LogP contribution >= 0.6 is 11.3 Å². The van der Waals surface area contributed by atoms with Crippen molar-refractivity contribution < 1.29 is 19.1 Å². The van der Waals surface area contributed by atoms with Crippen molar-refractivity contribution in [3.8, 4) is 5.75 Å². The lowest BCUT2D eigenvalue weighted by Crippen LogP contribution is -2.32. The Kier molecular flexibility index (Phi) is 5.16. The van der Waals surface area contributed by atoms with Crippen molar-refractivity contribution in [2.75, 3.05) is 18.5 Å². The zero-order chi connectivity index (χ0) is 18.8. The summed E-state index contributed by atoms with van der Waals surface area (Å²) in [7, 11) is 0. The number of hydrogen-bond donors (Lipinski definition) is 1. The molecule has 0 unspecified atom stereocenters. The molecule has 1 aromatic heterocycles. The van der Waals surface area contributed by atoms with Crippen molar-refractivity contribution in [3.05, 3.63) is 45.8 Å². The normalized spacial score (nSPS) is 18.0. The second kappa shape index (κ2) is 7.72. The first-order valence-electron chi connectivity index (χ1n) is 9.50. The van der Waals surface area contributed by atoms with E-state index in [1.54, 1.807) is 6.92 Å². The monoisotopic (exact) mass is 385 g/mol. The number of benzene rings is 1. The first-order chi connectivity index (χ1) is 13.2. The van der Waals surface area contributed by atoms with Gasteiger partial charge in [-0.05, 0) is 56.2 Å². The number of rotatable bonds is 4. The highest BCUT2D eigenvalue weighted by Gasteiger charge is 2.30. The van der Waals surface area contributed by atoms with Crippen LogP contribution in [0.1, 0.15) is 46.1 Å². The van der Waals surface area contributed by atoms with Crippen molar-refractivity contribution >= 4 is 28.2 Å². The van der Waals surface area contributed by atoms with E-state index in [-0.39, 0.29) is 17.8 Å². The topological polar surface area (TPSA) is 64.6 Å². The number of ether oxygens (including phenoxy) is 2. The molecule has 4 rings (SSSR count).